The minimum Gasteiger partial charge on any atom is -0.506 e. The highest BCUT2D eigenvalue weighted by Gasteiger charge is 2.13. The maximum Gasteiger partial charge on any atom is 0.141 e. The van der Waals surface area contributed by atoms with Crippen LogP contribution in [0.1, 0.15) is 11.6 Å². The number of benzene rings is 1. The second-order valence-corrected chi connectivity index (χ2v) is 3.35. The van der Waals surface area contributed by atoms with Crippen LogP contribution in [-0.4, -0.2) is 5.11 Å². The van der Waals surface area contributed by atoms with Gasteiger partial charge in [0.25, 0.3) is 0 Å². The van der Waals surface area contributed by atoms with Crippen molar-refractivity contribution in [3.63, 3.8) is 0 Å². The number of hydrogen-bond donors (Lipinski definition) is 2. The molecule has 0 aliphatic rings. The number of halogens is 2. The van der Waals surface area contributed by atoms with Gasteiger partial charge >= 0.3 is 0 Å². The maximum absolute atomic E-state index is 12.9. The van der Waals surface area contributed by atoms with Crippen molar-refractivity contribution in [2.75, 3.05) is 0 Å². The topological polar surface area (TPSA) is 46.2 Å². The molecule has 0 aliphatic heterocycles. The molecule has 0 aliphatic carbocycles. The zero-order valence-electron chi connectivity index (χ0n) is 6.80. The molecule has 0 radical (unpaired) electrons. The Morgan fingerprint density at radius 1 is 1.62 bits per heavy atom. The summed E-state index contributed by atoms with van der Waals surface area (Å²) in [5.41, 5.74) is 6.04. The molecule has 0 amide bonds. The highest BCUT2D eigenvalue weighted by Crippen LogP contribution is 2.33. The Balaban J connectivity index is 3.25. The van der Waals surface area contributed by atoms with E-state index in [1.165, 1.54) is 18.2 Å². The van der Waals surface area contributed by atoms with Crippen molar-refractivity contribution in [2.45, 2.75) is 6.04 Å². The van der Waals surface area contributed by atoms with E-state index in [0.29, 0.717) is 5.56 Å². The standard InChI is InChI=1S/C9H9BrFNO/c1-2-7(12)5-3-4-6(11)8(10)9(5)13/h2-4,7,13H,1,12H2/t7-/m1/s1. The molecule has 0 spiro atoms. The van der Waals surface area contributed by atoms with E-state index < -0.39 is 11.9 Å². The largest absolute Gasteiger partial charge is 0.506 e. The van der Waals surface area contributed by atoms with Gasteiger partial charge in [-0.3, -0.25) is 0 Å². The number of phenols is 1. The molecule has 0 bridgehead atoms. The van der Waals surface area contributed by atoms with Crippen LogP contribution in [0.25, 0.3) is 0 Å². The Morgan fingerprint density at radius 2 is 2.23 bits per heavy atom. The van der Waals surface area contributed by atoms with Crippen molar-refractivity contribution < 1.29 is 9.50 Å². The van der Waals surface area contributed by atoms with Gasteiger partial charge in [-0.15, -0.1) is 6.58 Å². The van der Waals surface area contributed by atoms with E-state index >= 15 is 0 Å². The lowest BCUT2D eigenvalue weighted by Crippen LogP contribution is -2.07. The number of phenolic OH excluding ortho intramolecular Hbond substituents is 1. The highest BCUT2D eigenvalue weighted by molar-refractivity contribution is 9.10. The molecule has 0 heterocycles. The third-order valence-electron chi connectivity index (χ3n) is 1.71. The molecular weight excluding hydrogens is 237 g/mol. The second kappa shape index (κ2) is 3.89. The Hall–Kier alpha value is -0.870. The maximum atomic E-state index is 12.9. The van der Waals surface area contributed by atoms with Crippen LogP contribution in [-0.2, 0) is 0 Å². The van der Waals surface area contributed by atoms with E-state index in [1.807, 2.05) is 0 Å². The monoisotopic (exact) mass is 245 g/mol. The molecule has 1 aromatic carbocycles. The van der Waals surface area contributed by atoms with Crippen molar-refractivity contribution in [1.82, 2.24) is 0 Å². The highest BCUT2D eigenvalue weighted by atomic mass is 79.9. The van der Waals surface area contributed by atoms with Gasteiger partial charge in [-0.1, -0.05) is 12.1 Å². The average Bonchev–Trinajstić information content (AvgIpc) is 2.13. The Kier molecular flexibility index (Phi) is 3.06. The zero-order chi connectivity index (χ0) is 10.0. The number of nitrogens with two attached hydrogens (primary N) is 1. The molecule has 2 nitrogen and oxygen atoms in total. The van der Waals surface area contributed by atoms with Crippen LogP contribution in [0.3, 0.4) is 0 Å². The third kappa shape index (κ3) is 1.89. The first kappa shape index (κ1) is 10.2. The summed E-state index contributed by atoms with van der Waals surface area (Å²) in [4.78, 5) is 0. The van der Waals surface area contributed by atoms with Gasteiger partial charge in [0.05, 0.1) is 10.5 Å². The van der Waals surface area contributed by atoms with Gasteiger partial charge in [0.15, 0.2) is 0 Å². The van der Waals surface area contributed by atoms with Gasteiger partial charge in [0, 0.05) is 5.56 Å². The Labute approximate surface area is 84.0 Å². The van der Waals surface area contributed by atoms with E-state index in [9.17, 15) is 9.50 Å². The molecule has 4 heteroatoms. The van der Waals surface area contributed by atoms with Crippen LogP contribution >= 0.6 is 15.9 Å². The predicted molar refractivity (Wildman–Crippen MR) is 52.9 cm³/mol. The van der Waals surface area contributed by atoms with Crippen LogP contribution in [0.15, 0.2) is 29.3 Å². The third-order valence-corrected chi connectivity index (χ3v) is 2.47. The summed E-state index contributed by atoms with van der Waals surface area (Å²) in [5.74, 6) is -0.690. The first-order valence-electron chi connectivity index (χ1n) is 3.63. The van der Waals surface area contributed by atoms with E-state index in [-0.39, 0.29) is 10.2 Å². The van der Waals surface area contributed by atoms with E-state index in [0.717, 1.165) is 0 Å². The number of rotatable bonds is 2. The minimum absolute atomic E-state index is 0.0299. The zero-order valence-corrected chi connectivity index (χ0v) is 8.38. The van der Waals surface area contributed by atoms with Crippen LogP contribution < -0.4 is 5.73 Å². The second-order valence-electron chi connectivity index (χ2n) is 2.56. The summed E-state index contributed by atoms with van der Waals surface area (Å²) in [7, 11) is 0. The van der Waals surface area contributed by atoms with Crippen LogP contribution in [0, 0.1) is 5.82 Å². The van der Waals surface area contributed by atoms with Gasteiger partial charge in [0.1, 0.15) is 11.6 Å². The van der Waals surface area contributed by atoms with E-state index in [1.54, 1.807) is 0 Å². The molecule has 0 fully saturated rings. The fraction of sp³-hybridized carbons (Fsp3) is 0.111. The summed E-state index contributed by atoms with van der Waals surface area (Å²) < 4.78 is 12.9. The summed E-state index contributed by atoms with van der Waals surface area (Å²) in [6.07, 6.45) is 1.47. The van der Waals surface area contributed by atoms with Gasteiger partial charge in [-0.25, -0.2) is 4.39 Å². The summed E-state index contributed by atoms with van der Waals surface area (Å²) >= 11 is 2.91. The van der Waals surface area contributed by atoms with Gasteiger partial charge < -0.3 is 10.8 Å². The van der Waals surface area contributed by atoms with Gasteiger partial charge in [-0.05, 0) is 22.0 Å². The van der Waals surface area contributed by atoms with Crippen LogP contribution in [0.4, 0.5) is 4.39 Å². The molecule has 3 N–H and O–H groups in total. The van der Waals surface area contributed by atoms with Crippen LogP contribution in [0.5, 0.6) is 5.75 Å². The predicted octanol–water partition coefficient (Wildman–Crippen LogP) is 2.48. The van der Waals surface area contributed by atoms with Crippen molar-refractivity contribution in [1.29, 1.82) is 0 Å². The molecule has 1 atom stereocenters. The molecule has 0 saturated carbocycles. The molecule has 1 aromatic rings. The van der Waals surface area contributed by atoms with Gasteiger partial charge in [0.2, 0.25) is 0 Å². The molecule has 70 valence electrons. The van der Waals surface area contributed by atoms with E-state index in [2.05, 4.69) is 22.5 Å². The molecule has 0 unspecified atom stereocenters. The van der Waals surface area contributed by atoms with Crippen molar-refractivity contribution >= 4 is 15.9 Å². The molecule has 1 rings (SSSR count). The minimum atomic E-state index is -0.516. The lowest BCUT2D eigenvalue weighted by atomic mass is 10.1. The molecular formula is C9H9BrFNO. The quantitative estimate of drug-likeness (QED) is 0.787. The van der Waals surface area contributed by atoms with E-state index in [4.69, 9.17) is 5.73 Å². The van der Waals surface area contributed by atoms with Crippen molar-refractivity contribution in [2.24, 2.45) is 5.73 Å². The summed E-state index contributed by atoms with van der Waals surface area (Å²) in [5, 5.41) is 9.47. The first-order valence-corrected chi connectivity index (χ1v) is 4.42. The SMILES string of the molecule is C=C[C@@H](N)c1ccc(F)c(Br)c1O. The van der Waals surface area contributed by atoms with Gasteiger partial charge in [-0.2, -0.15) is 0 Å². The molecule has 13 heavy (non-hydrogen) atoms. The molecule has 0 saturated heterocycles. The van der Waals surface area contributed by atoms with Crippen LogP contribution in [0.2, 0.25) is 0 Å². The Morgan fingerprint density at radius 3 is 2.77 bits per heavy atom. The first-order chi connectivity index (χ1) is 6.07. The fourth-order valence-corrected chi connectivity index (χ4v) is 1.31. The average molecular weight is 246 g/mol. The lowest BCUT2D eigenvalue weighted by Gasteiger charge is -2.10. The Bertz CT molecular complexity index is 341. The van der Waals surface area contributed by atoms with Crippen molar-refractivity contribution in [3.8, 4) is 5.75 Å². The number of hydrogen-bond acceptors (Lipinski definition) is 2. The normalized spacial score (nSPS) is 12.5. The fourth-order valence-electron chi connectivity index (χ4n) is 0.951. The smallest absolute Gasteiger partial charge is 0.141 e. The summed E-state index contributed by atoms with van der Waals surface area (Å²) in [6.45, 7) is 3.49. The lowest BCUT2D eigenvalue weighted by molar-refractivity contribution is 0.455. The molecule has 0 aromatic heterocycles. The summed E-state index contributed by atoms with van der Waals surface area (Å²) in [6, 6.07) is 2.18. The number of aromatic hydroxyl groups is 1. The van der Waals surface area contributed by atoms with Crippen molar-refractivity contribution in [3.05, 3.63) is 40.6 Å².